The molecule has 0 bridgehead atoms. The van der Waals surface area contributed by atoms with Gasteiger partial charge in [0.15, 0.2) is 24.8 Å². The molecule has 0 amide bonds. The molecule has 2 rings (SSSR count). The number of aryl methyl sites for hydroxylation is 2. The van der Waals surface area contributed by atoms with E-state index < -0.39 is 0 Å². The third-order valence-corrected chi connectivity index (χ3v) is 9.28. The zero-order chi connectivity index (χ0) is 26.2. The van der Waals surface area contributed by atoms with Crippen LogP contribution in [0.15, 0.2) is 58.8 Å². The molecule has 0 aromatic carbocycles. The summed E-state index contributed by atoms with van der Waals surface area (Å²) >= 11 is 3.99. The highest BCUT2D eigenvalue weighted by Gasteiger charge is 2.04. The van der Waals surface area contributed by atoms with Crippen molar-refractivity contribution in [2.24, 2.45) is 0 Å². The number of unbranched alkanes of at least 4 members (excludes halogenated alkanes) is 14. The largest absolute Gasteiger partial charge is 1.00 e. The molecule has 0 aliphatic carbocycles. The first kappa shape index (κ1) is 39.5. The molecule has 2 heterocycles. The summed E-state index contributed by atoms with van der Waals surface area (Å²) in [6.45, 7) is 6.90. The lowest BCUT2D eigenvalue weighted by Crippen LogP contribution is -3.00. The predicted molar refractivity (Wildman–Crippen MR) is 165 cm³/mol. The summed E-state index contributed by atoms with van der Waals surface area (Å²) in [6, 6.07) is 9.19. The maximum atomic E-state index is 2.35. The van der Waals surface area contributed by atoms with E-state index in [1.54, 1.807) is 0 Å². The molecule has 2 aromatic heterocycles. The van der Waals surface area contributed by atoms with E-state index in [4.69, 9.17) is 0 Å². The summed E-state index contributed by atoms with van der Waals surface area (Å²) in [4.78, 5) is 2.80. The fraction of sp³-hybridized carbons (Fsp3) is 0.697. The van der Waals surface area contributed by atoms with E-state index in [1.807, 2.05) is 23.5 Å². The lowest BCUT2D eigenvalue weighted by molar-refractivity contribution is -0.697. The van der Waals surface area contributed by atoms with Crippen LogP contribution in [0.1, 0.15) is 123 Å². The Morgan fingerprint density at radius 1 is 0.436 bits per heavy atom. The second-order valence-electron chi connectivity index (χ2n) is 10.5. The topological polar surface area (TPSA) is 7.76 Å². The van der Waals surface area contributed by atoms with Gasteiger partial charge in [-0.2, -0.15) is 0 Å². The molecule has 0 fully saturated rings. The lowest BCUT2D eigenvalue weighted by Gasteiger charge is -2.03. The highest BCUT2D eigenvalue weighted by molar-refractivity contribution is 8.00. The average molecular weight is 799 g/mol. The Labute approximate surface area is 284 Å². The maximum Gasteiger partial charge on any atom is 0.169 e. The summed E-state index contributed by atoms with van der Waals surface area (Å²) in [6.07, 6.45) is 32.5. The van der Waals surface area contributed by atoms with Crippen molar-refractivity contribution >= 4 is 23.5 Å². The monoisotopic (exact) mass is 798 g/mol. The molecule has 2 nitrogen and oxygen atoms in total. The third kappa shape index (κ3) is 21.8. The number of halogens is 2. The van der Waals surface area contributed by atoms with Crippen LogP contribution in [0.3, 0.4) is 0 Å². The minimum atomic E-state index is 0. The van der Waals surface area contributed by atoms with Gasteiger partial charge in [-0.1, -0.05) is 90.9 Å². The third-order valence-electron chi connectivity index (χ3n) is 7.09. The number of rotatable bonds is 24. The number of nitrogens with zero attached hydrogens (tertiary/aromatic N) is 2. The van der Waals surface area contributed by atoms with Crippen LogP contribution in [0, 0.1) is 0 Å². The minimum Gasteiger partial charge on any atom is -1.00 e. The summed E-state index contributed by atoms with van der Waals surface area (Å²) in [5.74, 6) is 2.39. The van der Waals surface area contributed by atoms with Gasteiger partial charge in [-0.3, -0.25) is 0 Å². The Kier molecular flexibility index (Phi) is 28.9. The Morgan fingerprint density at radius 3 is 1.08 bits per heavy atom. The molecule has 0 radical (unpaired) electrons. The van der Waals surface area contributed by atoms with Gasteiger partial charge in [0.05, 0.1) is 0 Å². The molecule has 0 N–H and O–H groups in total. The molecule has 0 aliphatic rings. The first-order chi connectivity index (χ1) is 18.3. The van der Waals surface area contributed by atoms with Gasteiger partial charge in [0.2, 0.25) is 0 Å². The van der Waals surface area contributed by atoms with Gasteiger partial charge in [0, 0.05) is 46.9 Å². The standard InChI is InChI=1S/C33H56N2S2.2HI/c1-3-5-7-9-11-13-15-17-24-34-26-20-32(21-27-34)36-30-19-31-37-33-22-28-35(29-23-33)25-18-16-14-12-10-8-6-4-2;;/h20-23,26-29H,3-19,24-25,30-31H2,1-2H3;2*1H/q+2;;/p-2. The van der Waals surface area contributed by atoms with Gasteiger partial charge < -0.3 is 48.0 Å². The zero-order valence-corrected chi connectivity index (χ0v) is 30.9. The van der Waals surface area contributed by atoms with E-state index in [0.717, 1.165) is 13.1 Å². The molecule has 0 atom stereocenters. The molecule has 0 saturated carbocycles. The van der Waals surface area contributed by atoms with Gasteiger partial charge in [-0.25, -0.2) is 9.13 Å². The zero-order valence-electron chi connectivity index (χ0n) is 24.9. The van der Waals surface area contributed by atoms with Gasteiger partial charge in [0.25, 0.3) is 0 Å². The number of pyridine rings is 2. The smallest absolute Gasteiger partial charge is 0.169 e. The van der Waals surface area contributed by atoms with Crippen molar-refractivity contribution < 1.29 is 57.1 Å². The highest BCUT2D eigenvalue weighted by Crippen LogP contribution is 2.21. The Bertz CT molecular complexity index is 707. The summed E-state index contributed by atoms with van der Waals surface area (Å²) in [7, 11) is 0. The van der Waals surface area contributed by atoms with Crippen LogP contribution in [-0.2, 0) is 13.1 Å². The van der Waals surface area contributed by atoms with E-state index >= 15 is 0 Å². The van der Waals surface area contributed by atoms with Gasteiger partial charge in [-0.15, -0.1) is 23.5 Å². The second kappa shape index (κ2) is 28.6. The van der Waals surface area contributed by atoms with Gasteiger partial charge in [0.1, 0.15) is 13.1 Å². The van der Waals surface area contributed by atoms with Crippen molar-refractivity contribution in [2.75, 3.05) is 11.5 Å². The lowest BCUT2D eigenvalue weighted by atomic mass is 10.1. The van der Waals surface area contributed by atoms with E-state index in [0.29, 0.717) is 0 Å². The minimum absolute atomic E-state index is 0. The molecule has 6 heteroatoms. The fourth-order valence-corrected chi connectivity index (χ4v) is 6.53. The summed E-state index contributed by atoms with van der Waals surface area (Å²) in [5, 5.41) is 0. The van der Waals surface area contributed by atoms with Gasteiger partial charge >= 0.3 is 0 Å². The fourth-order valence-electron chi connectivity index (χ4n) is 4.67. The van der Waals surface area contributed by atoms with E-state index in [1.165, 1.54) is 130 Å². The molecule has 0 aliphatic heterocycles. The quantitative estimate of drug-likeness (QED) is 0.0692. The molecule has 224 valence electrons. The van der Waals surface area contributed by atoms with Crippen LogP contribution in [0.5, 0.6) is 0 Å². The number of hydrogen-bond acceptors (Lipinski definition) is 2. The second-order valence-corrected chi connectivity index (χ2v) is 12.9. The first-order valence-electron chi connectivity index (χ1n) is 15.6. The van der Waals surface area contributed by atoms with E-state index in [9.17, 15) is 0 Å². The molecular weight excluding hydrogens is 742 g/mol. The number of thioether (sulfide) groups is 2. The highest BCUT2D eigenvalue weighted by atomic mass is 127. The SMILES string of the molecule is CCCCCCCCCC[n+]1ccc(SCCCSc2cc[n+](CCCCCCCCCC)cc2)cc1.[I-].[I-]. The van der Waals surface area contributed by atoms with E-state index in [-0.39, 0.29) is 48.0 Å². The van der Waals surface area contributed by atoms with Crippen molar-refractivity contribution in [1.82, 2.24) is 0 Å². The maximum absolute atomic E-state index is 2.35. The van der Waals surface area contributed by atoms with Crippen LogP contribution >= 0.6 is 23.5 Å². The molecule has 0 unspecified atom stereocenters. The molecular formula is C33H56I2N2S2. The first-order valence-corrected chi connectivity index (χ1v) is 17.5. The molecule has 0 spiro atoms. The van der Waals surface area contributed by atoms with Gasteiger partial charge in [-0.05, 0) is 30.8 Å². The molecule has 39 heavy (non-hydrogen) atoms. The average Bonchev–Trinajstić information content (AvgIpc) is 2.93. The van der Waals surface area contributed by atoms with E-state index in [2.05, 4.69) is 72.0 Å². The van der Waals surface area contributed by atoms with Crippen LogP contribution in [0.25, 0.3) is 0 Å². The normalized spacial score (nSPS) is 10.7. The van der Waals surface area contributed by atoms with Crippen molar-refractivity contribution in [2.45, 2.75) is 146 Å². The van der Waals surface area contributed by atoms with Crippen molar-refractivity contribution in [3.63, 3.8) is 0 Å². The summed E-state index contributed by atoms with van der Waals surface area (Å²) in [5.41, 5.74) is 0. The Balaban J connectivity index is 0.00000722. The predicted octanol–water partition coefficient (Wildman–Crippen LogP) is 3.83. The van der Waals surface area contributed by atoms with Crippen molar-refractivity contribution in [3.05, 3.63) is 49.1 Å². The van der Waals surface area contributed by atoms with Crippen molar-refractivity contribution in [1.29, 1.82) is 0 Å². The molecule has 0 saturated heterocycles. The Hall–Kier alpha value is 0.460. The Morgan fingerprint density at radius 2 is 0.744 bits per heavy atom. The number of aromatic nitrogens is 2. The van der Waals surface area contributed by atoms with Crippen LogP contribution in [0.2, 0.25) is 0 Å². The summed E-state index contributed by atoms with van der Waals surface area (Å²) < 4.78 is 4.71. The molecule has 2 aromatic rings. The van der Waals surface area contributed by atoms with Crippen LogP contribution in [0.4, 0.5) is 0 Å². The number of hydrogen-bond donors (Lipinski definition) is 0. The van der Waals surface area contributed by atoms with Crippen LogP contribution in [-0.4, -0.2) is 11.5 Å². The van der Waals surface area contributed by atoms with Crippen molar-refractivity contribution in [3.8, 4) is 0 Å². The van der Waals surface area contributed by atoms with Crippen LogP contribution < -0.4 is 57.1 Å².